The highest BCUT2D eigenvalue weighted by Gasteiger charge is 2.41. The maximum atomic E-state index is 9.76. The maximum Gasteiger partial charge on any atom is 0.109 e. The van der Waals surface area contributed by atoms with E-state index in [0.29, 0.717) is 6.42 Å². The van der Waals surface area contributed by atoms with Crippen molar-refractivity contribution in [2.24, 2.45) is 11.5 Å². The second-order valence-electron chi connectivity index (χ2n) is 3.45. The van der Waals surface area contributed by atoms with Crippen LogP contribution in [0.1, 0.15) is 6.42 Å². The van der Waals surface area contributed by atoms with E-state index in [-0.39, 0.29) is 24.3 Å². The van der Waals surface area contributed by atoms with Crippen LogP contribution in [-0.2, 0) is 9.47 Å². The first-order valence-corrected chi connectivity index (χ1v) is 4.36. The Labute approximate surface area is 78.0 Å². The van der Waals surface area contributed by atoms with Crippen molar-refractivity contribution in [2.45, 2.75) is 36.8 Å². The number of aliphatic hydroxyl groups excluding tert-OH is 1. The van der Waals surface area contributed by atoms with E-state index in [0.717, 1.165) is 0 Å². The van der Waals surface area contributed by atoms with Crippen LogP contribution >= 0.6 is 0 Å². The molecule has 13 heavy (non-hydrogen) atoms. The van der Waals surface area contributed by atoms with Gasteiger partial charge >= 0.3 is 0 Å². The van der Waals surface area contributed by atoms with E-state index in [1.54, 1.807) is 0 Å². The fraction of sp³-hybridized carbons (Fsp3) is 1.00. The van der Waals surface area contributed by atoms with Gasteiger partial charge in [-0.2, -0.15) is 0 Å². The second kappa shape index (κ2) is 4.34. The van der Waals surface area contributed by atoms with Crippen molar-refractivity contribution >= 4 is 0 Å². The van der Waals surface area contributed by atoms with Crippen molar-refractivity contribution in [1.29, 1.82) is 0 Å². The Kier molecular flexibility index (Phi) is 3.63. The summed E-state index contributed by atoms with van der Waals surface area (Å²) >= 11 is 0. The van der Waals surface area contributed by atoms with Gasteiger partial charge in [-0.05, 0) is 6.42 Å². The van der Waals surface area contributed by atoms with Crippen LogP contribution < -0.4 is 11.5 Å². The summed E-state index contributed by atoms with van der Waals surface area (Å²) in [6.45, 7) is 0. The molecule has 1 unspecified atom stereocenters. The normalized spacial score (nSPS) is 46.4. The minimum atomic E-state index is -0.742. The Morgan fingerprint density at radius 2 is 1.46 bits per heavy atom. The Hall–Kier alpha value is -0.200. The van der Waals surface area contributed by atoms with Gasteiger partial charge in [-0.3, -0.25) is 0 Å². The zero-order chi connectivity index (χ0) is 10.0. The number of hydrogen-bond acceptors (Lipinski definition) is 5. The third-order valence-electron chi connectivity index (χ3n) is 2.61. The number of rotatable bonds is 2. The molecule has 1 aliphatic rings. The van der Waals surface area contributed by atoms with Gasteiger partial charge in [0.25, 0.3) is 0 Å². The molecule has 5 nitrogen and oxygen atoms in total. The average molecular weight is 190 g/mol. The van der Waals surface area contributed by atoms with E-state index in [2.05, 4.69) is 0 Å². The lowest BCUT2D eigenvalue weighted by Crippen LogP contribution is -2.62. The third kappa shape index (κ3) is 2.00. The Balaban J connectivity index is 2.69. The van der Waals surface area contributed by atoms with Gasteiger partial charge in [0.15, 0.2) is 0 Å². The first-order valence-electron chi connectivity index (χ1n) is 4.36. The minimum Gasteiger partial charge on any atom is -0.388 e. The van der Waals surface area contributed by atoms with Gasteiger partial charge < -0.3 is 26.0 Å². The first-order chi connectivity index (χ1) is 6.11. The molecular weight excluding hydrogens is 172 g/mol. The van der Waals surface area contributed by atoms with Crippen molar-refractivity contribution in [1.82, 2.24) is 0 Å². The van der Waals surface area contributed by atoms with E-state index in [4.69, 9.17) is 20.9 Å². The average Bonchev–Trinajstić information content (AvgIpc) is 2.04. The lowest BCUT2D eigenvalue weighted by Gasteiger charge is -2.40. The van der Waals surface area contributed by atoms with Crippen molar-refractivity contribution in [3.8, 4) is 0 Å². The first kappa shape index (κ1) is 10.9. The smallest absolute Gasteiger partial charge is 0.109 e. The Morgan fingerprint density at radius 1 is 1.08 bits per heavy atom. The molecule has 78 valence electrons. The molecule has 0 saturated heterocycles. The Bertz CT molecular complexity index is 151. The molecule has 1 rings (SSSR count). The van der Waals surface area contributed by atoms with Crippen LogP contribution in [0.5, 0.6) is 0 Å². The van der Waals surface area contributed by atoms with Crippen molar-refractivity contribution in [3.05, 3.63) is 0 Å². The molecule has 0 bridgehead atoms. The van der Waals surface area contributed by atoms with Gasteiger partial charge in [0.05, 0.1) is 0 Å². The number of aliphatic hydroxyl groups is 1. The molecule has 0 aliphatic heterocycles. The van der Waals surface area contributed by atoms with Crippen LogP contribution in [0, 0.1) is 0 Å². The van der Waals surface area contributed by atoms with E-state index in [1.807, 2.05) is 0 Å². The van der Waals surface area contributed by atoms with Crippen molar-refractivity contribution < 1.29 is 14.6 Å². The van der Waals surface area contributed by atoms with E-state index >= 15 is 0 Å². The molecule has 5 atom stereocenters. The summed E-state index contributed by atoms with van der Waals surface area (Å²) in [5, 5.41) is 9.76. The highest BCUT2D eigenvalue weighted by molar-refractivity contribution is 4.98. The summed E-state index contributed by atoms with van der Waals surface area (Å²) in [7, 11) is 3.05. The molecule has 0 radical (unpaired) electrons. The van der Waals surface area contributed by atoms with Crippen LogP contribution in [0.4, 0.5) is 0 Å². The summed E-state index contributed by atoms with van der Waals surface area (Å²) < 4.78 is 10.2. The minimum absolute atomic E-state index is 0.221. The SMILES string of the molecule is COC1[C@H](N)C[C@H](N)[C@@H](OC)[C@@H]1O. The molecule has 0 spiro atoms. The monoisotopic (exact) mass is 190 g/mol. The zero-order valence-electron chi connectivity index (χ0n) is 8.01. The fourth-order valence-electron chi connectivity index (χ4n) is 1.90. The quantitative estimate of drug-likeness (QED) is 0.489. The van der Waals surface area contributed by atoms with Gasteiger partial charge in [0.1, 0.15) is 18.3 Å². The second-order valence-corrected chi connectivity index (χ2v) is 3.45. The lowest BCUT2D eigenvalue weighted by atomic mass is 9.84. The molecule has 0 amide bonds. The van der Waals surface area contributed by atoms with E-state index in [9.17, 15) is 5.11 Å². The summed E-state index contributed by atoms with van der Waals surface area (Å²) in [6, 6.07) is -0.442. The van der Waals surface area contributed by atoms with E-state index < -0.39 is 6.10 Å². The molecule has 5 N–H and O–H groups in total. The predicted octanol–water partition coefficient (Wildman–Crippen LogP) is -1.56. The number of hydrogen-bond donors (Lipinski definition) is 3. The van der Waals surface area contributed by atoms with Crippen molar-refractivity contribution in [3.63, 3.8) is 0 Å². The number of methoxy groups -OCH3 is 2. The summed E-state index contributed by atoms with van der Waals surface area (Å²) in [4.78, 5) is 0. The van der Waals surface area contributed by atoms with Gasteiger partial charge in [-0.1, -0.05) is 0 Å². The highest BCUT2D eigenvalue weighted by atomic mass is 16.5. The molecule has 0 aromatic carbocycles. The number of nitrogens with two attached hydrogens (primary N) is 2. The fourth-order valence-corrected chi connectivity index (χ4v) is 1.90. The molecule has 0 aromatic rings. The predicted molar refractivity (Wildman–Crippen MR) is 48.2 cm³/mol. The lowest BCUT2D eigenvalue weighted by molar-refractivity contribution is -0.126. The topological polar surface area (TPSA) is 90.7 Å². The van der Waals surface area contributed by atoms with Crippen LogP contribution in [-0.4, -0.2) is 49.7 Å². The van der Waals surface area contributed by atoms with Crippen LogP contribution in [0.15, 0.2) is 0 Å². The third-order valence-corrected chi connectivity index (χ3v) is 2.61. The van der Waals surface area contributed by atoms with Crippen molar-refractivity contribution in [2.75, 3.05) is 14.2 Å². The van der Waals surface area contributed by atoms with Gasteiger partial charge in [-0.15, -0.1) is 0 Å². The highest BCUT2D eigenvalue weighted by Crippen LogP contribution is 2.21. The largest absolute Gasteiger partial charge is 0.388 e. The standard InChI is InChI=1S/C8H18N2O3/c1-12-7-4(9)3-5(10)8(13-2)6(7)11/h4-8,11H,3,9-10H2,1-2H3/t4-,5+,6-,7+,8?/m0/s1. The van der Waals surface area contributed by atoms with Crippen LogP contribution in [0.2, 0.25) is 0 Å². The molecule has 1 fully saturated rings. The Morgan fingerprint density at radius 3 is 1.77 bits per heavy atom. The van der Waals surface area contributed by atoms with Gasteiger partial charge in [0, 0.05) is 26.3 Å². The van der Waals surface area contributed by atoms with Crippen LogP contribution in [0.25, 0.3) is 0 Å². The molecular formula is C8H18N2O3. The zero-order valence-corrected chi connectivity index (χ0v) is 8.01. The van der Waals surface area contributed by atoms with Gasteiger partial charge in [-0.25, -0.2) is 0 Å². The summed E-state index contributed by atoms with van der Waals surface area (Å²) in [5.41, 5.74) is 11.5. The molecule has 0 aromatic heterocycles. The van der Waals surface area contributed by atoms with E-state index in [1.165, 1.54) is 14.2 Å². The molecule has 1 saturated carbocycles. The van der Waals surface area contributed by atoms with Crippen LogP contribution in [0.3, 0.4) is 0 Å². The van der Waals surface area contributed by atoms with Gasteiger partial charge in [0.2, 0.25) is 0 Å². The molecule has 0 heterocycles. The maximum absolute atomic E-state index is 9.76. The molecule has 1 aliphatic carbocycles. The number of ether oxygens (including phenoxy) is 2. The summed E-state index contributed by atoms with van der Waals surface area (Å²) in [5.74, 6) is 0. The molecule has 5 heteroatoms. The summed E-state index contributed by atoms with van der Waals surface area (Å²) in [6.07, 6.45) is -0.906.